The molecule has 1 aliphatic heterocycles. The van der Waals surface area contributed by atoms with Gasteiger partial charge in [0, 0.05) is 68.2 Å². The van der Waals surface area contributed by atoms with Crippen LogP contribution >= 0.6 is 59.4 Å². The number of methoxy groups -OCH3 is 4. The van der Waals surface area contributed by atoms with Crippen LogP contribution in [0.2, 0.25) is 5.02 Å². The number of cyclic esters (lactones) is 1. The van der Waals surface area contributed by atoms with Crippen molar-refractivity contribution in [1.82, 2.24) is 0 Å². The normalized spacial score (nSPS) is 16.0. The topological polar surface area (TPSA) is 87.3 Å². The summed E-state index contributed by atoms with van der Waals surface area (Å²) in [5.41, 5.74) is 8.35. The molecule has 5 aromatic rings. The van der Waals surface area contributed by atoms with Crippen LogP contribution in [0.15, 0.2) is 123 Å². The second kappa shape index (κ2) is 17.8. The molecule has 0 aromatic heterocycles. The van der Waals surface area contributed by atoms with Crippen LogP contribution in [-0.2, 0) is 29.3 Å². The van der Waals surface area contributed by atoms with Crippen molar-refractivity contribution in [2.24, 2.45) is 0 Å². The molecule has 1 heterocycles. The first-order valence-corrected chi connectivity index (χ1v) is 21.0. The maximum absolute atomic E-state index is 14.3. The molecule has 0 unspecified atom stereocenters. The summed E-state index contributed by atoms with van der Waals surface area (Å²) in [5, 5.41) is 6.96. The largest absolute Gasteiger partial charge is 0.442 e. The minimum absolute atomic E-state index is 0.345. The molecule has 1 aliphatic rings. The molecule has 0 saturated heterocycles. The van der Waals surface area contributed by atoms with Gasteiger partial charge in [0.15, 0.2) is 5.60 Å². The molecule has 5 aromatic carbocycles. The third-order valence-electron chi connectivity index (χ3n) is 10.3. The van der Waals surface area contributed by atoms with Crippen molar-refractivity contribution in [2.45, 2.75) is 45.1 Å². The predicted octanol–water partition coefficient (Wildman–Crippen LogP) is 12.6. The molecule has 0 fully saturated rings. The summed E-state index contributed by atoms with van der Waals surface area (Å²) in [7, 11) is 6.30. The van der Waals surface area contributed by atoms with E-state index in [1.807, 2.05) is 74.5 Å². The van der Waals surface area contributed by atoms with Gasteiger partial charge >= 0.3 is 5.97 Å². The van der Waals surface area contributed by atoms with Crippen LogP contribution in [0.5, 0.6) is 0 Å². The van der Waals surface area contributed by atoms with Crippen molar-refractivity contribution in [2.75, 3.05) is 39.1 Å². The Morgan fingerprint density at radius 1 is 0.603 bits per heavy atom. The van der Waals surface area contributed by atoms with Gasteiger partial charge in [0.05, 0.1) is 15.1 Å². The van der Waals surface area contributed by atoms with E-state index in [1.54, 1.807) is 42.3 Å². The fourth-order valence-corrected chi connectivity index (χ4v) is 8.84. The fraction of sp³-hybridized carbons (Fsp3) is 0.239. The zero-order valence-corrected chi connectivity index (χ0v) is 38.9. The average Bonchev–Trinajstić information content (AvgIpc) is 3.52. The van der Waals surface area contributed by atoms with E-state index in [2.05, 4.69) is 107 Å². The lowest BCUT2D eigenvalue weighted by Crippen LogP contribution is -2.38. The summed E-state index contributed by atoms with van der Waals surface area (Å²) in [5.74, 6) is -2.58. The Bertz CT molecular complexity index is 2230. The Kier molecular flexibility index (Phi) is 13.5. The van der Waals surface area contributed by atoms with E-state index < -0.39 is 23.4 Å². The molecule has 0 radical (unpaired) electrons. The maximum atomic E-state index is 14.3. The highest BCUT2D eigenvalue weighted by Gasteiger charge is 2.48. The monoisotopic (exact) mass is 992 g/mol. The third-order valence-corrected chi connectivity index (χ3v) is 14.0. The molecule has 0 atom stereocenters. The minimum atomic E-state index is -1.50. The summed E-state index contributed by atoms with van der Waals surface area (Å²) in [6, 6.07) is 32.4. The maximum Gasteiger partial charge on any atom is 0.341 e. The van der Waals surface area contributed by atoms with Crippen LogP contribution in [-0.4, -0.2) is 46.2 Å². The number of benzene rings is 5. The molecular weight excluding hydrogens is 952 g/mol. The van der Waals surface area contributed by atoms with Gasteiger partial charge in [0.1, 0.15) is 0 Å². The number of anilines is 2. The van der Waals surface area contributed by atoms with Gasteiger partial charge in [-0.3, -0.25) is 0 Å². The van der Waals surface area contributed by atoms with Crippen LogP contribution in [0, 0.1) is 13.8 Å². The van der Waals surface area contributed by atoms with Gasteiger partial charge in [0.2, 0.25) is 11.8 Å². The van der Waals surface area contributed by atoms with E-state index in [0.29, 0.717) is 29.6 Å². The zero-order valence-electron chi connectivity index (χ0n) is 33.4. The molecule has 0 aliphatic carbocycles. The molecule has 0 spiro atoms. The number of ether oxygens (including phenoxy) is 5. The van der Waals surface area contributed by atoms with Crippen LogP contribution in [0.1, 0.15) is 63.1 Å². The third kappa shape index (κ3) is 9.02. The standard InChI is InChI=1S/C46H44Br3ClN2O6/c1-27-9-13-29(14-10-27)35(31-17-21-33(22-18-31)51-44(3,54-5)55-6)25-46(38-37(43(53)58-46)39(47)41(49)42(50)40(38)48)26-36(30-15-11-28(2)12-16-30)32-19-23-34(24-20-32)52-45(4,56-7)57-8/h9-26,51-52H,1-8H3/b35-25+,36-26+. The van der Waals surface area contributed by atoms with Crippen molar-refractivity contribution in [1.29, 1.82) is 0 Å². The molecule has 6 rings (SSSR count). The Balaban J connectivity index is 1.66. The number of fused-ring (bicyclic) bond motifs is 1. The number of aryl methyl sites for hydroxylation is 2. The molecule has 302 valence electrons. The second-order valence-electron chi connectivity index (χ2n) is 14.1. The highest BCUT2D eigenvalue weighted by atomic mass is 79.9. The Hall–Kier alpha value is -3.78. The summed E-state index contributed by atoms with van der Waals surface area (Å²) >= 11 is 18.1. The van der Waals surface area contributed by atoms with E-state index in [4.69, 9.17) is 35.3 Å². The molecule has 12 heteroatoms. The first-order valence-electron chi connectivity index (χ1n) is 18.3. The van der Waals surface area contributed by atoms with E-state index >= 15 is 0 Å². The number of esters is 1. The quantitative estimate of drug-likeness (QED) is 0.0492. The van der Waals surface area contributed by atoms with Gasteiger partial charge < -0.3 is 34.3 Å². The molecule has 0 saturated carbocycles. The Morgan fingerprint density at radius 2 is 0.948 bits per heavy atom. The van der Waals surface area contributed by atoms with Crippen LogP contribution < -0.4 is 10.6 Å². The first-order chi connectivity index (χ1) is 27.6. The predicted molar refractivity (Wildman–Crippen MR) is 243 cm³/mol. The van der Waals surface area contributed by atoms with Crippen molar-refractivity contribution in [3.63, 3.8) is 0 Å². The van der Waals surface area contributed by atoms with Gasteiger partial charge in [-0.25, -0.2) is 4.79 Å². The molecule has 0 amide bonds. The van der Waals surface area contributed by atoms with E-state index in [9.17, 15) is 4.79 Å². The summed E-state index contributed by atoms with van der Waals surface area (Å²) in [6.45, 7) is 7.69. The molecule has 8 nitrogen and oxygen atoms in total. The summed E-state index contributed by atoms with van der Waals surface area (Å²) in [4.78, 5) is 14.3. The lowest BCUT2D eigenvalue weighted by Gasteiger charge is -2.29. The zero-order chi connectivity index (χ0) is 42.0. The number of carbonyl (C=O) groups is 1. The van der Waals surface area contributed by atoms with E-state index in [1.165, 1.54) is 0 Å². The molecular formula is C46H44Br3ClN2O6. The van der Waals surface area contributed by atoms with E-state index in [-0.39, 0.29) is 0 Å². The number of rotatable bonds is 14. The van der Waals surface area contributed by atoms with Gasteiger partial charge in [0.25, 0.3) is 0 Å². The van der Waals surface area contributed by atoms with Gasteiger partial charge in [-0.1, -0.05) is 95.5 Å². The number of carbonyl (C=O) groups excluding carboxylic acids is 1. The van der Waals surface area contributed by atoms with Crippen LogP contribution in [0.25, 0.3) is 11.1 Å². The Labute approximate surface area is 370 Å². The molecule has 2 N–H and O–H groups in total. The van der Waals surface area contributed by atoms with E-state index in [0.717, 1.165) is 55.9 Å². The Morgan fingerprint density at radius 3 is 1.29 bits per heavy atom. The number of nitrogens with one attached hydrogen (secondary N) is 2. The van der Waals surface area contributed by atoms with Gasteiger partial charge in [-0.2, -0.15) is 0 Å². The first kappa shape index (κ1) is 43.8. The van der Waals surface area contributed by atoms with Crippen molar-refractivity contribution >= 4 is 87.9 Å². The minimum Gasteiger partial charge on any atom is -0.442 e. The lowest BCUT2D eigenvalue weighted by atomic mass is 9.83. The smallest absolute Gasteiger partial charge is 0.341 e. The van der Waals surface area contributed by atoms with Crippen LogP contribution in [0.4, 0.5) is 11.4 Å². The number of hydrogen-bond acceptors (Lipinski definition) is 8. The van der Waals surface area contributed by atoms with Gasteiger partial charge in [-0.15, -0.1) is 0 Å². The highest BCUT2D eigenvalue weighted by molar-refractivity contribution is 9.13. The second-order valence-corrected chi connectivity index (χ2v) is 16.9. The van der Waals surface area contributed by atoms with Gasteiger partial charge in [-0.05, 0) is 131 Å². The summed E-state index contributed by atoms with van der Waals surface area (Å²) in [6.07, 6.45) is 4.01. The highest BCUT2D eigenvalue weighted by Crippen LogP contribution is 2.53. The molecule has 0 bridgehead atoms. The van der Waals surface area contributed by atoms with Crippen molar-refractivity contribution in [3.8, 4) is 0 Å². The number of hydrogen-bond donors (Lipinski definition) is 2. The SMILES string of the molecule is COC(C)(Nc1ccc(/C(=C/C2(/C=C(\c3ccc(C)cc3)c3ccc(NC(C)(OC)OC)cc3)OC(=O)c3c(Br)c(Br)c(Cl)c(Br)c32)c2ccc(C)cc2)cc1)OC. The lowest BCUT2D eigenvalue weighted by molar-refractivity contribution is -0.171. The fourth-order valence-electron chi connectivity index (χ4n) is 6.61. The average molecular weight is 996 g/mol. The molecule has 58 heavy (non-hydrogen) atoms. The van der Waals surface area contributed by atoms with Crippen LogP contribution in [0.3, 0.4) is 0 Å². The summed E-state index contributed by atoms with van der Waals surface area (Å²) < 4.78 is 30.4. The van der Waals surface area contributed by atoms with Crippen molar-refractivity contribution in [3.05, 3.63) is 172 Å². The van der Waals surface area contributed by atoms with Crippen molar-refractivity contribution < 1.29 is 28.5 Å². The number of halogens is 4.